The van der Waals surface area contributed by atoms with Crippen molar-refractivity contribution in [2.24, 2.45) is 0 Å². The molecular weight excluding hydrogens is 392 g/mol. The van der Waals surface area contributed by atoms with Crippen LogP contribution < -0.4 is 9.62 Å². The summed E-state index contributed by atoms with van der Waals surface area (Å²) >= 11 is 6.00. The molecule has 2 rings (SSSR count). The van der Waals surface area contributed by atoms with Crippen LogP contribution in [-0.2, 0) is 19.6 Å². The van der Waals surface area contributed by atoms with Gasteiger partial charge >= 0.3 is 5.97 Å². The standard InChI is InChI=1S/C18H19ClN2O5S/c1-11-10-15(6-9-17(11)19)21(12(2)18(23)24)27(25,26)16-7-4-14(5-8-16)20-13(3)22/h4-10,12H,1-3H3,(H,20,22)(H,23,24). The molecule has 0 saturated heterocycles. The Bertz CT molecular complexity index is 974. The molecule has 0 aliphatic carbocycles. The molecule has 1 unspecified atom stereocenters. The van der Waals surface area contributed by atoms with Crippen molar-refractivity contribution >= 4 is 44.9 Å². The van der Waals surface area contributed by atoms with Crippen LogP contribution in [0, 0.1) is 6.92 Å². The summed E-state index contributed by atoms with van der Waals surface area (Å²) in [6.07, 6.45) is 0. The summed E-state index contributed by atoms with van der Waals surface area (Å²) in [7, 11) is -4.18. The van der Waals surface area contributed by atoms with E-state index in [1.165, 1.54) is 56.3 Å². The summed E-state index contributed by atoms with van der Waals surface area (Å²) < 4.78 is 27.1. The predicted molar refractivity (Wildman–Crippen MR) is 104 cm³/mol. The van der Waals surface area contributed by atoms with Gasteiger partial charge in [0, 0.05) is 17.6 Å². The Morgan fingerprint density at radius 2 is 1.74 bits per heavy atom. The zero-order chi connectivity index (χ0) is 20.4. The Hall–Kier alpha value is -2.58. The number of benzene rings is 2. The molecule has 1 amide bonds. The highest BCUT2D eigenvalue weighted by atomic mass is 35.5. The first-order chi connectivity index (χ1) is 12.5. The molecule has 0 saturated carbocycles. The number of aryl methyl sites for hydroxylation is 1. The van der Waals surface area contributed by atoms with E-state index >= 15 is 0 Å². The molecular formula is C18H19ClN2O5S. The molecule has 0 aromatic heterocycles. The number of hydrogen-bond donors (Lipinski definition) is 2. The Kier molecular flexibility index (Phi) is 6.12. The highest BCUT2D eigenvalue weighted by molar-refractivity contribution is 7.92. The third-order valence-electron chi connectivity index (χ3n) is 3.84. The number of aliphatic carboxylic acids is 1. The van der Waals surface area contributed by atoms with Gasteiger partial charge in [0.05, 0.1) is 10.6 Å². The van der Waals surface area contributed by atoms with Crippen molar-refractivity contribution in [3.8, 4) is 0 Å². The van der Waals surface area contributed by atoms with E-state index in [1.807, 2.05) is 0 Å². The number of carbonyl (C=O) groups excluding carboxylic acids is 1. The number of sulfonamides is 1. The van der Waals surface area contributed by atoms with Crippen LogP contribution in [-0.4, -0.2) is 31.4 Å². The third-order valence-corrected chi connectivity index (χ3v) is 6.17. The van der Waals surface area contributed by atoms with Gasteiger partial charge in [-0.1, -0.05) is 11.6 Å². The van der Waals surface area contributed by atoms with Crippen molar-refractivity contribution in [3.05, 3.63) is 53.1 Å². The van der Waals surface area contributed by atoms with Crippen molar-refractivity contribution in [1.29, 1.82) is 0 Å². The quantitative estimate of drug-likeness (QED) is 0.760. The van der Waals surface area contributed by atoms with Crippen LogP contribution in [0.2, 0.25) is 5.02 Å². The van der Waals surface area contributed by atoms with Crippen molar-refractivity contribution < 1.29 is 23.1 Å². The first kappa shape index (κ1) is 20.7. The van der Waals surface area contributed by atoms with Gasteiger partial charge in [-0.15, -0.1) is 0 Å². The Balaban J connectivity index is 2.54. The average Bonchev–Trinajstić information content (AvgIpc) is 2.57. The van der Waals surface area contributed by atoms with E-state index in [0.29, 0.717) is 16.3 Å². The van der Waals surface area contributed by atoms with Gasteiger partial charge in [-0.25, -0.2) is 13.2 Å². The normalized spacial score (nSPS) is 12.3. The first-order valence-corrected chi connectivity index (χ1v) is 9.77. The number of carboxylic acid groups (broad SMARTS) is 1. The number of nitrogens with one attached hydrogen (secondary N) is 1. The summed E-state index contributed by atoms with van der Waals surface area (Å²) in [4.78, 5) is 22.5. The molecule has 0 heterocycles. The molecule has 2 N–H and O–H groups in total. The molecule has 0 radical (unpaired) electrons. The van der Waals surface area contributed by atoms with Gasteiger partial charge in [0.15, 0.2) is 0 Å². The van der Waals surface area contributed by atoms with Crippen LogP contribution in [0.5, 0.6) is 0 Å². The number of carbonyl (C=O) groups is 2. The lowest BCUT2D eigenvalue weighted by atomic mass is 10.2. The van der Waals surface area contributed by atoms with E-state index in [2.05, 4.69) is 5.32 Å². The smallest absolute Gasteiger partial charge is 0.327 e. The molecule has 144 valence electrons. The highest BCUT2D eigenvalue weighted by Crippen LogP contribution is 2.30. The molecule has 0 aliphatic rings. The number of halogens is 1. The van der Waals surface area contributed by atoms with Crippen molar-refractivity contribution in [2.45, 2.75) is 31.7 Å². The lowest BCUT2D eigenvalue weighted by Gasteiger charge is -2.28. The fraction of sp³-hybridized carbons (Fsp3) is 0.222. The van der Waals surface area contributed by atoms with Gasteiger partial charge in [-0.05, 0) is 61.9 Å². The van der Waals surface area contributed by atoms with Gasteiger partial charge in [0.1, 0.15) is 6.04 Å². The summed E-state index contributed by atoms with van der Waals surface area (Å²) in [5.74, 6) is -1.58. The van der Waals surface area contributed by atoms with Crippen LogP contribution in [0.15, 0.2) is 47.4 Å². The maximum Gasteiger partial charge on any atom is 0.327 e. The predicted octanol–water partition coefficient (Wildman–Crippen LogP) is 3.28. The van der Waals surface area contributed by atoms with Gasteiger partial charge in [0.25, 0.3) is 10.0 Å². The van der Waals surface area contributed by atoms with Gasteiger partial charge in [0.2, 0.25) is 5.91 Å². The summed E-state index contributed by atoms with van der Waals surface area (Å²) in [5.41, 5.74) is 1.24. The second-order valence-electron chi connectivity index (χ2n) is 5.95. The maximum absolute atomic E-state index is 13.2. The van der Waals surface area contributed by atoms with E-state index in [9.17, 15) is 23.1 Å². The molecule has 0 spiro atoms. The Morgan fingerprint density at radius 3 is 2.22 bits per heavy atom. The fourth-order valence-corrected chi connectivity index (χ4v) is 4.19. The fourth-order valence-electron chi connectivity index (χ4n) is 2.46. The Morgan fingerprint density at radius 1 is 1.15 bits per heavy atom. The topological polar surface area (TPSA) is 104 Å². The number of rotatable bonds is 6. The molecule has 9 heteroatoms. The van der Waals surface area contributed by atoms with E-state index in [1.54, 1.807) is 6.92 Å². The van der Waals surface area contributed by atoms with Crippen molar-refractivity contribution in [1.82, 2.24) is 0 Å². The van der Waals surface area contributed by atoms with Gasteiger partial charge in [-0.3, -0.25) is 9.10 Å². The third kappa shape index (κ3) is 4.58. The lowest BCUT2D eigenvalue weighted by molar-refractivity contribution is -0.137. The minimum Gasteiger partial charge on any atom is -0.480 e. The molecule has 2 aromatic carbocycles. The largest absolute Gasteiger partial charge is 0.480 e. The maximum atomic E-state index is 13.2. The molecule has 0 aliphatic heterocycles. The molecule has 7 nitrogen and oxygen atoms in total. The highest BCUT2D eigenvalue weighted by Gasteiger charge is 2.33. The van der Waals surface area contributed by atoms with Crippen LogP contribution >= 0.6 is 11.6 Å². The van der Waals surface area contributed by atoms with Crippen LogP contribution in [0.1, 0.15) is 19.4 Å². The number of nitrogens with zero attached hydrogens (tertiary/aromatic N) is 1. The lowest BCUT2D eigenvalue weighted by Crippen LogP contribution is -2.43. The van der Waals surface area contributed by atoms with E-state index in [-0.39, 0.29) is 16.5 Å². The first-order valence-electron chi connectivity index (χ1n) is 7.95. The zero-order valence-corrected chi connectivity index (χ0v) is 16.5. The number of anilines is 2. The van der Waals surface area contributed by atoms with E-state index in [0.717, 1.165) is 4.31 Å². The zero-order valence-electron chi connectivity index (χ0n) is 14.9. The SMILES string of the molecule is CC(=O)Nc1ccc(S(=O)(=O)N(c2ccc(Cl)c(C)c2)C(C)C(=O)O)cc1. The van der Waals surface area contributed by atoms with E-state index < -0.39 is 22.0 Å². The number of carboxylic acids is 1. The second kappa shape index (κ2) is 7.98. The number of hydrogen-bond acceptors (Lipinski definition) is 4. The van der Waals surface area contributed by atoms with Gasteiger partial charge in [-0.2, -0.15) is 0 Å². The molecule has 0 bridgehead atoms. The monoisotopic (exact) mass is 410 g/mol. The molecule has 0 fully saturated rings. The minimum absolute atomic E-state index is 0.0997. The molecule has 2 aromatic rings. The summed E-state index contributed by atoms with van der Waals surface area (Å²) in [6.45, 7) is 4.32. The second-order valence-corrected chi connectivity index (χ2v) is 8.18. The Labute approximate surface area is 162 Å². The number of amides is 1. The van der Waals surface area contributed by atoms with Crippen LogP contribution in [0.3, 0.4) is 0 Å². The van der Waals surface area contributed by atoms with E-state index in [4.69, 9.17) is 11.6 Å². The molecule has 1 atom stereocenters. The molecule has 27 heavy (non-hydrogen) atoms. The van der Waals surface area contributed by atoms with Crippen LogP contribution in [0.25, 0.3) is 0 Å². The van der Waals surface area contributed by atoms with Gasteiger partial charge < -0.3 is 10.4 Å². The van der Waals surface area contributed by atoms with Crippen LogP contribution in [0.4, 0.5) is 11.4 Å². The summed E-state index contributed by atoms with van der Waals surface area (Å²) in [6, 6.07) is 8.64. The average molecular weight is 411 g/mol. The minimum atomic E-state index is -4.18. The van der Waals surface area contributed by atoms with Crippen molar-refractivity contribution in [3.63, 3.8) is 0 Å². The summed E-state index contributed by atoms with van der Waals surface area (Å²) in [5, 5.41) is 12.4. The van der Waals surface area contributed by atoms with Crippen molar-refractivity contribution in [2.75, 3.05) is 9.62 Å².